The third-order valence-corrected chi connectivity index (χ3v) is 3.12. The molecule has 1 fully saturated rings. The maximum Gasteiger partial charge on any atom is 0.191 e. The van der Waals surface area contributed by atoms with Crippen molar-refractivity contribution in [3.8, 4) is 0 Å². The van der Waals surface area contributed by atoms with Gasteiger partial charge in [0, 0.05) is 19.6 Å². The number of hydrogen-bond acceptors (Lipinski definition) is 1. The van der Waals surface area contributed by atoms with Gasteiger partial charge in [0.25, 0.3) is 0 Å². The first-order chi connectivity index (χ1) is 7.20. The van der Waals surface area contributed by atoms with Gasteiger partial charge in [0.1, 0.15) is 0 Å². The van der Waals surface area contributed by atoms with Gasteiger partial charge in [0.05, 0.1) is 0 Å². The van der Waals surface area contributed by atoms with Crippen molar-refractivity contribution in [1.29, 1.82) is 0 Å². The summed E-state index contributed by atoms with van der Waals surface area (Å²) >= 11 is 0. The van der Waals surface area contributed by atoms with Crippen LogP contribution in [0.2, 0.25) is 0 Å². The molecule has 1 saturated carbocycles. The Morgan fingerprint density at radius 3 is 2.13 bits per heavy atom. The molecule has 2 N–H and O–H groups in total. The van der Waals surface area contributed by atoms with E-state index in [1.165, 1.54) is 25.7 Å². The van der Waals surface area contributed by atoms with Crippen LogP contribution in [0.25, 0.3) is 0 Å². The van der Waals surface area contributed by atoms with Crippen LogP contribution in [-0.2, 0) is 0 Å². The predicted molar refractivity (Wildman–Crippen MR) is 66.2 cm³/mol. The van der Waals surface area contributed by atoms with Crippen molar-refractivity contribution in [3.63, 3.8) is 0 Å². The van der Waals surface area contributed by atoms with Crippen LogP contribution in [0.1, 0.15) is 46.5 Å². The highest BCUT2D eigenvalue weighted by molar-refractivity contribution is 5.79. The molecule has 3 nitrogen and oxygen atoms in total. The average Bonchev–Trinajstić information content (AvgIpc) is 2.63. The maximum atomic E-state index is 4.65. The number of aliphatic imine (C=N–C) groups is 1. The van der Waals surface area contributed by atoms with Crippen molar-refractivity contribution < 1.29 is 0 Å². The Balaban J connectivity index is 2.43. The van der Waals surface area contributed by atoms with Crippen LogP contribution in [0.4, 0.5) is 0 Å². The zero-order chi connectivity index (χ0) is 11.1. The first kappa shape index (κ1) is 12.3. The quantitative estimate of drug-likeness (QED) is 0.552. The van der Waals surface area contributed by atoms with Crippen LogP contribution in [0.5, 0.6) is 0 Å². The van der Waals surface area contributed by atoms with Crippen LogP contribution in [0, 0.1) is 5.41 Å². The summed E-state index contributed by atoms with van der Waals surface area (Å²) < 4.78 is 0. The number of rotatable bonds is 4. The first-order valence-electron chi connectivity index (χ1n) is 6.22. The molecule has 3 heteroatoms. The predicted octanol–water partition coefficient (Wildman–Crippen LogP) is 2.14. The Morgan fingerprint density at radius 2 is 1.67 bits per heavy atom. The molecule has 1 rings (SSSR count). The molecule has 1 aliphatic rings. The van der Waals surface area contributed by atoms with Gasteiger partial charge in [-0.05, 0) is 32.1 Å². The second kappa shape index (κ2) is 5.99. The minimum Gasteiger partial charge on any atom is -0.357 e. The van der Waals surface area contributed by atoms with Crippen LogP contribution < -0.4 is 10.6 Å². The topological polar surface area (TPSA) is 36.4 Å². The largest absolute Gasteiger partial charge is 0.357 e. The Morgan fingerprint density at radius 1 is 1.13 bits per heavy atom. The number of guanidine groups is 1. The lowest BCUT2D eigenvalue weighted by Crippen LogP contribution is -2.37. The lowest BCUT2D eigenvalue weighted by atomic mass is 9.89. The number of nitrogens with one attached hydrogen (secondary N) is 2. The molecular weight excluding hydrogens is 186 g/mol. The lowest BCUT2D eigenvalue weighted by Gasteiger charge is -2.21. The summed E-state index contributed by atoms with van der Waals surface area (Å²) in [5.41, 5.74) is 0.454. The molecule has 0 aliphatic heterocycles. The van der Waals surface area contributed by atoms with E-state index < -0.39 is 0 Å². The Hall–Kier alpha value is -0.730. The fourth-order valence-corrected chi connectivity index (χ4v) is 2.17. The van der Waals surface area contributed by atoms with E-state index in [1.54, 1.807) is 0 Å². The van der Waals surface area contributed by atoms with Crippen molar-refractivity contribution in [1.82, 2.24) is 10.6 Å². The molecule has 88 valence electrons. The van der Waals surface area contributed by atoms with E-state index in [-0.39, 0.29) is 0 Å². The molecule has 0 unspecified atom stereocenters. The lowest BCUT2D eigenvalue weighted by molar-refractivity contribution is 0.350. The second-order valence-electron chi connectivity index (χ2n) is 4.74. The fraction of sp³-hybridized carbons (Fsp3) is 0.917. The van der Waals surface area contributed by atoms with Gasteiger partial charge in [0.2, 0.25) is 0 Å². The summed E-state index contributed by atoms with van der Waals surface area (Å²) in [6.07, 6.45) is 5.43. The Bertz CT molecular complexity index is 197. The monoisotopic (exact) mass is 211 g/mol. The van der Waals surface area contributed by atoms with Gasteiger partial charge >= 0.3 is 0 Å². The summed E-state index contributed by atoms with van der Waals surface area (Å²) in [6.45, 7) is 9.39. The van der Waals surface area contributed by atoms with Crippen molar-refractivity contribution in [2.75, 3.05) is 19.6 Å². The van der Waals surface area contributed by atoms with Crippen molar-refractivity contribution in [2.45, 2.75) is 46.5 Å². The van der Waals surface area contributed by atoms with Gasteiger partial charge in [-0.2, -0.15) is 0 Å². The van der Waals surface area contributed by atoms with Crippen LogP contribution in [0.15, 0.2) is 4.99 Å². The van der Waals surface area contributed by atoms with Gasteiger partial charge < -0.3 is 10.6 Å². The smallest absolute Gasteiger partial charge is 0.191 e. The van der Waals surface area contributed by atoms with Gasteiger partial charge in [-0.3, -0.25) is 4.99 Å². The molecule has 0 atom stereocenters. The van der Waals surface area contributed by atoms with E-state index >= 15 is 0 Å². The average molecular weight is 211 g/mol. The van der Waals surface area contributed by atoms with Gasteiger partial charge in [0.15, 0.2) is 5.96 Å². The molecule has 0 heterocycles. The van der Waals surface area contributed by atoms with Gasteiger partial charge in [-0.15, -0.1) is 0 Å². The molecule has 0 amide bonds. The highest BCUT2D eigenvalue weighted by atomic mass is 15.2. The van der Waals surface area contributed by atoms with E-state index in [4.69, 9.17) is 0 Å². The minimum atomic E-state index is 0.454. The third kappa shape index (κ3) is 4.10. The summed E-state index contributed by atoms with van der Waals surface area (Å²) in [4.78, 5) is 4.65. The molecule has 15 heavy (non-hydrogen) atoms. The molecule has 0 aromatic heterocycles. The summed E-state index contributed by atoms with van der Waals surface area (Å²) in [7, 11) is 0. The molecular formula is C12H25N3. The second-order valence-corrected chi connectivity index (χ2v) is 4.74. The molecule has 0 radical (unpaired) electrons. The van der Waals surface area contributed by atoms with Crippen molar-refractivity contribution >= 4 is 5.96 Å². The molecule has 0 spiro atoms. The van der Waals surface area contributed by atoms with Gasteiger partial charge in [-0.1, -0.05) is 19.8 Å². The minimum absolute atomic E-state index is 0.454. The zero-order valence-corrected chi connectivity index (χ0v) is 10.4. The van der Waals surface area contributed by atoms with Crippen LogP contribution in [-0.4, -0.2) is 25.6 Å². The van der Waals surface area contributed by atoms with Crippen molar-refractivity contribution in [3.05, 3.63) is 0 Å². The summed E-state index contributed by atoms with van der Waals surface area (Å²) in [5, 5.41) is 6.53. The van der Waals surface area contributed by atoms with E-state index in [0.717, 1.165) is 25.6 Å². The van der Waals surface area contributed by atoms with Crippen LogP contribution >= 0.6 is 0 Å². The molecule has 0 bridgehead atoms. The molecule has 0 aromatic carbocycles. The molecule has 1 aliphatic carbocycles. The number of hydrogen-bond donors (Lipinski definition) is 2. The standard InChI is InChI=1S/C12H25N3/c1-4-13-11(14-5-2)15-10-12(3)8-6-7-9-12/h4-10H2,1-3H3,(H2,13,14,15). The Labute approximate surface area is 93.7 Å². The van der Waals surface area contributed by atoms with E-state index in [2.05, 4.69) is 36.4 Å². The van der Waals surface area contributed by atoms with Crippen molar-refractivity contribution in [2.24, 2.45) is 10.4 Å². The van der Waals surface area contributed by atoms with E-state index in [1.807, 2.05) is 0 Å². The van der Waals surface area contributed by atoms with E-state index in [9.17, 15) is 0 Å². The SMILES string of the molecule is CCNC(=NCC1(C)CCCC1)NCC. The van der Waals surface area contributed by atoms with E-state index in [0.29, 0.717) is 5.41 Å². The normalized spacial score (nSPS) is 18.6. The first-order valence-corrected chi connectivity index (χ1v) is 6.22. The maximum absolute atomic E-state index is 4.65. The van der Waals surface area contributed by atoms with Crippen LogP contribution in [0.3, 0.4) is 0 Å². The zero-order valence-electron chi connectivity index (χ0n) is 10.4. The summed E-state index contributed by atoms with van der Waals surface area (Å²) in [5.74, 6) is 0.966. The Kier molecular flexibility index (Phi) is 4.92. The fourth-order valence-electron chi connectivity index (χ4n) is 2.17. The number of nitrogens with zero attached hydrogens (tertiary/aromatic N) is 1. The van der Waals surface area contributed by atoms with Gasteiger partial charge in [-0.25, -0.2) is 0 Å². The molecule has 0 saturated heterocycles. The summed E-state index contributed by atoms with van der Waals surface area (Å²) in [6, 6.07) is 0. The molecule has 0 aromatic rings. The highest BCUT2D eigenvalue weighted by Gasteiger charge is 2.28. The third-order valence-electron chi connectivity index (χ3n) is 3.12. The highest BCUT2D eigenvalue weighted by Crippen LogP contribution is 2.37.